The topological polar surface area (TPSA) is 32.8 Å². The zero-order valence-electron chi connectivity index (χ0n) is 13.2. The van der Waals surface area contributed by atoms with Gasteiger partial charge in [-0.15, -0.1) is 0 Å². The van der Waals surface area contributed by atoms with E-state index in [0.29, 0.717) is 5.76 Å². The van der Waals surface area contributed by atoms with Gasteiger partial charge in [-0.3, -0.25) is 9.69 Å². The number of hydrogen-bond donors (Lipinski definition) is 0. The minimum atomic E-state index is 0.00998. The van der Waals surface area contributed by atoms with Crippen LogP contribution in [0.4, 0.5) is 0 Å². The Bertz CT molecular complexity index is 430. The minimum Gasteiger partial charge on any atom is -0.484 e. The van der Waals surface area contributed by atoms with Gasteiger partial charge in [-0.25, -0.2) is 0 Å². The van der Waals surface area contributed by atoms with Crippen LogP contribution >= 0.6 is 15.9 Å². The lowest BCUT2D eigenvalue weighted by Crippen LogP contribution is -2.55. The third kappa shape index (κ3) is 6.48. The van der Waals surface area contributed by atoms with Gasteiger partial charge in [0.2, 0.25) is 0 Å². The third-order valence-corrected chi connectivity index (χ3v) is 3.68. The van der Waals surface area contributed by atoms with E-state index in [2.05, 4.69) is 54.8 Å². The molecule has 0 aliphatic carbocycles. The van der Waals surface area contributed by atoms with Gasteiger partial charge in [0.1, 0.15) is 5.76 Å². The maximum absolute atomic E-state index is 12.1. The average molecular weight is 357 g/mol. The number of carbonyl (C=O) groups is 1. The molecule has 0 radical (unpaired) electrons. The van der Waals surface area contributed by atoms with Gasteiger partial charge in [-0.2, -0.15) is 0 Å². The van der Waals surface area contributed by atoms with Gasteiger partial charge in [-0.05, 0) is 32.9 Å². The summed E-state index contributed by atoms with van der Waals surface area (Å²) in [5.74, 6) is 0.466. The summed E-state index contributed by atoms with van der Waals surface area (Å²) in [4.78, 5) is 16.3. The van der Waals surface area contributed by atoms with Gasteiger partial charge in [0.25, 0.3) is 5.91 Å². The highest BCUT2D eigenvalue weighted by Crippen LogP contribution is 2.16. The third-order valence-electron chi connectivity index (χ3n) is 3.41. The predicted molar refractivity (Wildman–Crippen MR) is 90.2 cm³/mol. The van der Waals surface area contributed by atoms with Crippen LogP contribution in [0.1, 0.15) is 20.8 Å². The van der Waals surface area contributed by atoms with Crippen molar-refractivity contribution in [3.05, 3.63) is 35.6 Å². The van der Waals surface area contributed by atoms with Crippen molar-refractivity contribution in [3.8, 4) is 0 Å². The smallest absolute Gasteiger partial charge is 0.260 e. The molecular formula is C16H25BrN2O2. The maximum Gasteiger partial charge on any atom is 0.260 e. The number of allylic oxidation sites excluding steroid dienone is 3. The first-order valence-electron chi connectivity index (χ1n) is 7.07. The second kappa shape index (κ2) is 7.80. The number of amides is 1. The summed E-state index contributed by atoms with van der Waals surface area (Å²) in [6.45, 7) is 17.3. The molecule has 0 unspecified atom stereocenters. The van der Waals surface area contributed by atoms with E-state index < -0.39 is 0 Å². The number of nitrogens with zero attached hydrogens (tertiary/aromatic N) is 2. The van der Waals surface area contributed by atoms with Crippen LogP contribution in [-0.4, -0.2) is 54.0 Å². The molecule has 1 rings (SSSR count). The number of piperazine rings is 1. The number of carbonyl (C=O) groups excluding carboxylic acids is 1. The second-order valence-corrected chi connectivity index (χ2v) is 7.09. The standard InChI is InChI=1S/C16H25BrN2O2/c1-13(17)6-7-14(2)21-12-15(20)18-8-10-19(11-9-18)16(3,4)5/h6-7H,1-2,8-12H2,3-5H3/b7-6-. The molecule has 1 aliphatic rings. The SMILES string of the molecule is C=C(Br)/C=C\C(=C)OCC(=O)N1CCN(C(C)(C)C)CC1. The van der Waals surface area contributed by atoms with E-state index in [1.165, 1.54) is 0 Å². The van der Waals surface area contributed by atoms with E-state index in [-0.39, 0.29) is 18.1 Å². The van der Waals surface area contributed by atoms with Crippen molar-refractivity contribution in [2.45, 2.75) is 26.3 Å². The van der Waals surface area contributed by atoms with E-state index >= 15 is 0 Å². The Hall–Kier alpha value is -1.07. The van der Waals surface area contributed by atoms with Crippen molar-refractivity contribution < 1.29 is 9.53 Å². The predicted octanol–water partition coefficient (Wildman–Crippen LogP) is 2.92. The van der Waals surface area contributed by atoms with Gasteiger partial charge in [0, 0.05) is 36.2 Å². The fraction of sp³-hybridized carbons (Fsp3) is 0.562. The highest BCUT2D eigenvalue weighted by atomic mass is 79.9. The largest absolute Gasteiger partial charge is 0.484 e. The normalized spacial score (nSPS) is 17.0. The molecule has 4 nitrogen and oxygen atoms in total. The van der Waals surface area contributed by atoms with Gasteiger partial charge in [-0.1, -0.05) is 29.1 Å². The number of hydrogen-bond acceptors (Lipinski definition) is 3. The van der Waals surface area contributed by atoms with Gasteiger partial charge in [0.05, 0.1) is 0 Å². The number of rotatable bonds is 5. The molecule has 5 heteroatoms. The summed E-state index contributed by atoms with van der Waals surface area (Å²) in [6, 6.07) is 0. The van der Waals surface area contributed by atoms with Crippen LogP contribution in [-0.2, 0) is 9.53 Å². The van der Waals surface area contributed by atoms with E-state index in [1.54, 1.807) is 12.2 Å². The summed E-state index contributed by atoms with van der Waals surface area (Å²) in [6.07, 6.45) is 3.41. The Kier molecular flexibility index (Phi) is 6.68. The maximum atomic E-state index is 12.1. The van der Waals surface area contributed by atoms with Crippen LogP contribution in [0.15, 0.2) is 35.6 Å². The molecule has 0 atom stereocenters. The molecule has 0 aromatic heterocycles. The van der Waals surface area contributed by atoms with Gasteiger partial charge >= 0.3 is 0 Å². The summed E-state index contributed by atoms with van der Waals surface area (Å²) in [7, 11) is 0. The first kappa shape index (κ1) is 18.0. The van der Waals surface area contributed by atoms with Gasteiger partial charge < -0.3 is 9.64 Å². The highest BCUT2D eigenvalue weighted by molar-refractivity contribution is 9.11. The minimum absolute atomic E-state index is 0.00998. The lowest BCUT2D eigenvalue weighted by Gasteiger charge is -2.42. The molecular weight excluding hydrogens is 332 g/mol. The van der Waals surface area contributed by atoms with E-state index in [1.807, 2.05) is 4.90 Å². The van der Waals surface area contributed by atoms with Crippen molar-refractivity contribution in [2.75, 3.05) is 32.8 Å². The quantitative estimate of drug-likeness (QED) is 0.560. The molecule has 0 spiro atoms. The van der Waals surface area contributed by atoms with Crippen LogP contribution < -0.4 is 0 Å². The molecule has 1 saturated heterocycles. The van der Waals surface area contributed by atoms with E-state index in [9.17, 15) is 4.79 Å². The fourth-order valence-electron chi connectivity index (χ4n) is 2.10. The molecule has 0 bridgehead atoms. The molecule has 1 fully saturated rings. The molecule has 0 N–H and O–H groups in total. The number of ether oxygens (including phenoxy) is 1. The summed E-state index contributed by atoms with van der Waals surface area (Å²) in [5.41, 5.74) is 0.156. The fourth-order valence-corrected chi connectivity index (χ4v) is 2.24. The van der Waals surface area contributed by atoms with Crippen LogP contribution in [0.25, 0.3) is 0 Å². The molecule has 1 amide bonds. The Morgan fingerprint density at radius 3 is 2.24 bits per heavy atom. The molecule has 0 saturated carbocycles. The van der Waals surface area contributed by atoms with Crippen LogP contribution in [0.5, 0.6) is 0 Å². The monoisotopic (exact) mass is 356 g/mol. The second-order valence-electron chi connectivity index (χ2n) is 6.07. The van der Waals surface area contributed by atoms with Gasteiger partial charge in [0.15, 0.2) is 6.61 Å². The summed E-state index contributed by atoms with van der Waals surface area (Å²) >= 11 is 3.21. The zero-order valence-corrected chi connectivity index (χ0v) is 14.8. The van der Waals surface area contributed by atoms with E-state index in [4.69, 9.17) is 4.74 Å². The van der Waals surface area contributed by atoms with Crippen molar-refractivity contribution in [3.63, 3.8) is 0 Å². The average Bonchev–Trinajstić information content (AvgIpc) is 2.41. The lowest BCUT2D eigenvalue weighted by atomic mass is 10.1. The molecule has 118 valence electrons. The summed E-state index contributed by atoms with van der Waals surface area (Å²) < 4.78 is 6.09. The first-order valence-corrected chi connectivity index (χ1v) is 7.86. The Morgan fingerprint density at radius 1 is 1.19 bits per heavy atom. The zero-order chi connectivity index (χ0) is 16.0. The van der Waals surface area contributed by atoms with Crippen LogP contribution in [0, 0.1) is 0 Å². The first-order chi connectivity index (χ1) is 9.70. The molecule has 0 aromatic rings. The Labute approximate surface area is 136 Å². The van der Waals surface area contributed by atoms with Crippen LogP contribution in [0.3, 0.4) is 0 Å². The van der Waals surface area contributed by atoms with Crippen molar-refractivity contribution in [1.82, 2.24) is 9.80 Å². The highest BCUT2D eigenvalue weighted by Gasteiger charge is 2.27. The molecule has 21 heavy (non-hydrogen) atoms. The Balaban J connectivity index is 2.35. The summed E-state index contributed by atoms with van der Waals surface area (Å²) in [5, 5.41) is 0. The molecule has 0 aromatic carbocycles. The van der Waals surface area contributed by atoms with Crippen LogP contribution in [0.2, 0.25) is 0 Å². The molecule has 1 heterocycles. The Morgan fingerprint density at radius 2 is 1.76 bits per heavy atom. The number of halogens is 1. The lowest BCUT2D eigenvalue weighted by molar-refractivity contribution is -0.137. The molecule has 1 aliphatic heterocycles. The van der Waals surface area contributed by atoms with Crippen molar-refractivity contribution in [2.24, 2.45) is 0 Å². The van der Waals surface area contributed by atoms with Crippen molar-refractivity contribution >= 4 is 21.8 Å². The van der Waals surface area contributed by atoms with Crippen molar-refractivity contribution in [1.29, 1.82) is 0 Å². The van der Waals surface area contributed by atoms with E-state index in [0.717, 1.165) is 30.7 Å².